The summed E-state index contributed by atoms with van der Waals surface area (Å²) >= 11 is 1.70. The fourth-order valence-corrected chi connectivity index (χ4v) is 3.66. The summed E-state index contributed by atoms with van der Waals surface area (Å²) in [6.45, 7) is 13.7. The van der Waals surface area contributed by atoms with Gasteiger partial charge in [0.05, 0.1) is 24.5 Å². The minimum Gasteiger partial charge on any atom is -0.444 e. The van der Waals surface area contributed by atoms with Gasteiger partial charge >= 0.3 is 0 Å². The Balaban J connectivity index is 1.67. The van der Waals surface area contributed by atoms with E-state index in [4.69, 9.17) is 14.1 Å². The topological polar surface area (TPSA) is 51.4 Å². The standard InChI is InChI=1S/C17H25N3O2S/c1-11-12(2)22-15(18-11)9-20-6-7-21-13(8-20)16-19-14(10-23-16)17(3,4)5/h10,13H,6-9H2,1-5H3/t13-/m1/s1. The number of hydrogen-bond donors (Lipinski definition) is 0. The van der Waals surface area contributed by atoms with Crippen LogP contribution in [0.15, 0.2) is 9.80 Å². The van der Waals surface area contributed by atoms with Crippen LogP contribution in [0.5, 0.6) is 0 Å². The molecule has 1 atom stereocenters. The minimum absolute atomic E-state index is 0.0435. The van der Waals surface area contributed by atoms with E-state index in [1.807, 2.05) is 13.8 Å². The van der Waals surface area contributed by atoms with Crippen LogP contribution in [0.3, 0.4) is 0 Å². The van der Waals surface area contributed by atoms with Crippen molar-refractivity contribution in [2.75, 3.05) is 19.7 Å². The molecule has 1 aliphatic rings. The molecule has 0 aromatic carbocycles. The SMILES string of the molecule is Cc1nc(CN2CCO[C@@H](c3nc(C(C)(C)C)cs3)C2)oc1C. The molecule has 1 saturated heterocycles. The lowest BCUT2D eigenvalue weighted by Crippen LogP contribution is -2.37. The Morgan fingerprint density at radius 3 is 2.70 bits per heavy atom. The number of nitrogens with zero attached hydrogens (tertiary/aromatic N) is 3. The first-order chi connectivity index (χ1) is 10.8. The number of aromatic nitrogens is 2. The molecule has 0 saturated carbocycles. The fourth-order valence-electron chi connectivity index (χ4n) is 2.57. The van der Waals surface area contributed by atoms with E-state index >= 15 is 0 Å². The number of ether oxygens (including phenoxy) is 1. The summed E-state index contributed by atoms with van der Waals surface area (Å²) in [6.07, 6.45) is 0.0435. The number of rotatable bonds is 3. The third-order valence-electron chi connectivity index (χ3n) is 4.15. The van der Waals surface area contributed by atoms with E-state index in [1.54, 1.807) is 11.3 Å². The molecule has 23 heavy (non-hydrogen) atoms. The lowest BCUT2D eigenvalue weighted by atomic mass is 9.93. The van der Waals surface area contributed by atoms with E-state index in [-0.39, 0.29) is 11.5 Å². The average Bonchev–Trinajstić information content (AvgIpc) is 3.07. The molecule has 3 heterocycles. The minimum atomic E-state index is 0.0435. The lowest BCUT2D eigenvalue weighted by molar-refractivity contribution is -0.0353. The zero-order valence-corrected chi connectivity index (χ0v) is 15.4. The van der Waals surface area contributed by atoms with E-state index in [9.17, 15) is 0 Å². The second-order valence-corrected chi connectivity index (χ2v) is 8.05. The maximum Gasteiger partial charge on any atom is 0.208 e. The summed E-state index contributed by atoms with van der Waals surface area (Å²) < 4.78 is 11.6. The van der Waals surface area contributed by atoms with Crippen LogP contribution >= 0.6 is 11.3 Å². The number of morpholine rings is 1. The summed E-state index contributed by atoms with van der Waals surface area (Å²) in [5.41, 5.74) is 2.19. The maximum absolute atomic E-state index is 5.94. The molecule has 2 aromatic heterocycles. The third kappa shape index (κ3) is 3.82. The van der Waals surface area contributed by atoms with Gasteiger partial charge in [0.1, 0.15) is 16.9 Å². The molecule has 0 spiro atoms. The second-order valence-electron chi connectivity index (χ2n) is 7.16. The highest BCUT2D eigenvalue weighted by Gasteiger charge is 2.27. The highest BCUT2D eigenvalue weighted by molar-refractivity contribution is 7.09. The van der Waals surface area contributed by atoms with Gasteiger partial charge in [-0.1, -0.05) is 20.8 Å². The largest absolute Gasteiger partial charge is 0.444 e. The normalized spacial score (nSPS) is 20.1. The Hall–Kier alpha value is -1.24. The van der Waals surface area contributed by atoms with Crippen LogP contribution < -0.4 is 0 Å². The summed E-state index contributed by atoms with van der Waals surface area (Å²) in [7, 11) is 0. The Morgan fingerprint density at radius 2 is 2.09 bits per heavy atom. The van der Waals surface area contributed by atoms with Gasteiger partial charge in [-0.3, -0.25) is 4.90 Å². The van der Waals surface area contributed by atoms with Gasteiger partial charge < -0.3 is 9.15 Å². The fraction of sp³-hybridized carbons (Fsp3) is 0.647. The Kier molecular flexibility index (Phi) is 4.58. The van der Waals surface area contributed by atoms with E-state index < -0.39 is 0 Å². The molecule has 0 radical (unpaired) electrons. The first kappa shape index (κ1) is 16.6. The van der Waals surface area contributed by atoms with Crippen LogP contribution in [-0.2, 0) is 16.7 Å². The van der Waals surface area contributed by atoms with Crippen molar-refractivity contribution in [2.24, 2.45) is 0 Å². The molecule has 0 aliphatic carbocycles. The Bertz CT molecular complexity index is 652. The molecule has 0 unspecified atom stereocenters. The molecule has 126 valence electrons. The molecular weight excluding hydrogens is 310 g/mol. The van der Waals surface area contributed by atoms with Crippen molar-refractivity contribution in [2.45, 2.75) is 52.7 Å². The van der Waals surface area contributed by atoms with Crippen molar-refractivity contribution in [1.29, 1.82) is 0 Å². The number of thiazole rings is 1. The summed E-state index contributed by atoms with van der Waals surface area (Å²) in [6, 6.07) is 0. The Morgan fingerprint density at radius 1 is 1.30 bits per heavy atom. The van der Waals surface area contributed by atoms with Crippen LogP contribution in [-0.4, -0.2) is 34.6 Å². The van der Waals surface area contributed by atoms with Gasteiger partial charge in [0, 0.05) is 23.9 Å². The summed E-state index contributed by atoms with van der Waals surface area (Å²) in [5.74, 6) is 1.69. The van der Waals surface area contributed by atoms with Crippen molar-refractivity contribution in [1.82, 2.24) is 14.9 Å². The van der Waals surface area contributed by atoms with Crippen molar-refractivity contribution in [3.63, 3.8) is 0 Å². The van der Waals surface area contributed by atoms with Crippen LogP contribution in [0.2, 0.25) is 0 Å². The molecule has 1 aliphatic heterocycles. The van der Waals surface area contributed by atoms with Gasteiger partial charge in [-0.05, 0) is 13.8 Å². The molecule has 0 amide bonds. The van der Waals surface area contributed by atoms with Gasteiger partial charge in [0.2, 0.25) is 5.89 Å². The third-order valence-corrected chi connectivity index (χ3v) is 5.08. The maximum atomic E-state index is 5.94. The van der Waals surface area contributed by atoms with E-state index in [2.05, 4.69) is 36.0 Å². The zero-order valence-electron chi connectivity index (χ0n) is 14.5. The van der Waals surface area contributed by atoms with Crippen molar-refractivity contribution in [3.05, 3.63) is 33.4 Å². The monoisotopic (exact) mass is 335 g/mol. The average molecular weight is 335 g/mol. The molecule has 5 nitrogen and oxygen atoms in total. The van der Waals surface area contributed by atoms with Gasteiger partial charge in [0.15, 0.2) is 0 Å². The van der Waals surface area contributed by atoms with Crippen LogP contribution in [0.4, 0.5) is 0 Å². The highest BCUT2D eigenvalue weighted by atomic mass is 32.1. The summed E-state index contributed by atoms with van der Waals surface area (Å²) in [4.78, 5) is 11.6. The molecule has 0 N–H and O–H groups in total. The molecular formula is C17H25N3O2S. The van der Waals surface area contributed by atoms with Crippen LogP contribution in [0.1, 0.15) is 54.9 Å². The van der Waals surface area contributed by atoms with E-state index in [0.29, 0.717) is 6.61 Å². The Labute approximate surface area is 141 Å². The molecule has 3 rings (SSSR count). The number of oxazole rings is 1. The van der Waals surface area contributed by atoms with Gasteiger partial charge in [-0.25, -0.2) is 9.97 Å². The summed E-state index contributed by atoms with van der Waals surface area (Å²) in [5, 5.41) is 3.22. The van der Waals surface area contributed by atoms with E-state index in [0.717, 1.165) is 47.7 Å². The molecule has 1 fully saturated rings. The highest BCUT2D eigenvalue weighted by Crippen LogP contribution is 2.30. The van der Waals surface area contributed by atoms with Crippen molar-refractivity contribution in [3.8, 4) is 0 Å². The first-order valence-electron chi connectivity index (χ1n) is 8.05. The second kappa shape index (κ2) is 6.34. The van der Waals surface area contributed by atoms with Crippen LogP contribution in [0, 0.1) is 13.8 Å². The number of aryl methyl sites for hydroxylation is 2. The number of hydrogen-bond acceptors (Lipinski definition) is 6. The van der Waals surface area contributed by atoms with Crippen LogP contribution in [0.25, 0.3) is 0 Å². The predicted octanol–water partition coefficient (Wildman–Crippen LogP) is 3.62. The first-order valence-corrected chi connectivity index (χ1v) is 8.93. The predicted molar refractivity (Wildman–Crippen MR) is 90.8 cm³/mol. The molecule has 0 bridgehead atoms. The van der Waals surface area contributed by atoms with Crippen molar-refractivity contribution >= 4 is 11.3 Å². The van der Waals surface area contributed by atoms with Gasteiger partial charge in [0.25, 0.3) is 0 Å². The van der Waals surface area contributed by atoms with Gasteiger partial charge in [-0.15, -0.1) is 11.3 Å². The molecule has 2 aromatic rings. The van der Waals surface area contributed by atoms with Gasteiger partial charge in [-0.2, -0.15) is 0 Å². The smallest absolute Gasteiger partial charge is 0.208 e. The molecule has 6 heteroatoms. The van der Waals surface area contributed by atoms with E-state index in [1.165, 1.54) is 0 Å². The lowest BCUT2D eigenvalue weighted by Gasteiger charge is -2.31. The zero-order chi connectivity index (χ0) is 16.6. The quantitative estimate of drug-likeness (QED) is 0.857. The van der Waals surface area contributed by atoms with Crippen molar-refractivity contribution < 1.29 is 9.15 Å².